The Hall–Kier alpha value is -1.06. The zero-order valence-corrected chi connectivity index (χ0v) is 11.6. The van der Waals surface area contributed by atoms with Crippen LogP contribution in [0.4, 0.5) is 0 Å². The number of nitrogens with zero attached hydrogens (tertiary/aromatic N) is 1. The Labute approximate surface area is 113 Å². The summed E-state index contributed by atoms with van der Waals surface area (Å²) in [6.07, 6.45) is 0. The van der Waals surface area contributed by atoms with Gasteiger partial charge >= 0.3 is 0 Å². The quantitative estimate of drug-likeness (QED) is 0.823. The van der Waals surface area contributed by atoms with Crippen molar-refractivity contribution >= 4 is 27.5 Å². The summed E-state index contributed by atoms with van der Waals surface area (Å²) in [5.74, 6) is 0. The van der Waals surface area contributed by atoms with Crippen molar-refractivity contribution in [2.24, 2.45) is 0 Å². The van der Waals surface area contributed by atoms with Gasteiger partial charge in [0, 0.05) is 27.7 Å². The Kier molecular flexibility index (Phi) is 3.69. The molecule has 88 valence electrons. The predicted molar refractivity (Wildman–Crippen MR) is 74.5 cm³/mol. The van der Waals surface area contributed by atoms with Gasteiger partial charge in [0.15, 0.2) is 0 Å². The van der Waals surface area contributed by atoms with Gasteiger partial charge in [-0.15, -0.1) is 0 Å². The van der Waals surface area contributed by atoms with Crippen LogP contribution in [0.2, 0.25) is 5.02 Å². The maximum absolute atomic E-state index is 11.7. The van der Waals surface area contributed by atoms with Gasteiger partial charge in [0.25, 0.3) is 5.56 Å². The first kappa shape index (κ1) is 12.4. The molecule has 2 rings (SSSR count). The van der Waals surface area contributed by atoms with Gasteiger partial charge in [-0.3, -0.25) is 4.79 Å². The third-order valence-electron chi connectivity index (χ3n) is 2.57. The maximum Gasteiger partial charge on any atom is 0.250 e. The Morgan fingerprint density at radius 3 is 2.71 bits per heavy atom. The second-order valence-corrected chi connectivity index (χ2v) is 4.91. The van der Waals surface area contributed by atoms with Crippen LogP contribution in [0.5, 0.6) is 0 Å². The Morgan fingerprint density at radius 2 is 2.06 bits per heavy atom. The molecule has 0 aliphatic rings. The van der Waals surface area contributed by atoms with E-state index < -0.39 is 0 Å². The molecule has 1 aromatic carbocycles. The highest BCUT2D eigenvalue weighted by Crippen LogP contribution is 2.29. The summed E-state index contributed by atoms with van der Waals surface area (Å²) < 4.78 is 2.62. The van der Waals surface area contributed by atoms with Gasteiger partial charge in [-0.25, -0.2) is 0 Å². The Balaban J connectivity index is 2.68. The highest BCUT2D eigenvalue weighted by molar-refractivity contribution is 9.10. The molecule has 0 aliphatic heterocycles. The number of rotatable bonds is 2. The first-order valence-electron chi connectivity index (χ1n) is 5.28. The molecule has 2 aromatic rings. The van der Waals surface area contributed by atoms with E-state index in [9.17, 15) is 4.79 Å². The summed E-state index contributed by atoms with van der Waals surface area (Å²) in [4.78, 5) is 11.7. The van der Waals surface area contributed by atoms with Crippen LogP contribution in [0.15, 0.2) is 45.7 Å². The van der Waals surface area contributed by atoms with Crippen LogP contribution in [0.3, 0.4) is 0 Å². The average molecular weight is 313 g/mol. The van der Waals surface area contributed by atoms with Crippen LogP contribution in [0.1, 0.15) is 6.92 Å². The fourth-order valence-electron chi connectivity index (χ4n) is 1.78. The molecule has 0 amide bonds. The molecule has 0 atom stereocenters. The second-order valence-electron chi connectivity index (χ2n) is 3.62. The normalized spacial score (nSPS) is 10.5. The van der Waals surface area contributed by atoms with Crippen molar-refractivity contribution in [2.75, 3.05) is 0 Å². The van der Waals surface area contributed by atoms with E-state index in [2.05, 4.69) is 15.9 Å². The van der Waals surface area contributed by atoms with E-state index in [1.807, 2.05) is 31.2 Å². The minimum Gasteiger partial charge on any atom is -0.309 e. The molecule has 2 nitrogen and oxygen atoms in total. The lowest BCUT2D eigenvalue weighted by atomic mass is 10.1. The van der Waals surface area contributed by atoms with Crippen LogP contribution in [-0.2, 0) is 6.54 Å². The summed E-state index contributed by atoms with van der Waals surface area (Å²) in [6, 6.07) is 10.8. The van der Waals surface area contributed by atoms with Crippen molar-refractivity contribution in [2.45, 2.75) is 13.5 Å². The smallest absolute Gasteiger partial charge is 0.250 e. The molecule has 17 heavy (non-hydrogen) atoms. The standard InChI is InChI=1S/C13H11BrClNO/c1-2-16-12(4-3-5-13(16)17)10-7-6-9(15)8-11(10)14/h3-8H,2H2,1H3. The van der Waals surface area contributed by atoms with E-state index in [1.54, 1.807) is 16.7 Å². The van der Waals surface area contributed by atoms with Gasteiger partial charge in [-0.2, -0.15) is 0 Å². The lowest BCUT2D eigenvalue weighted by Gasteiger charge is -2.12. The highest BCUT2D eigenvalue weighted by Gasteiger charge is 2.08. The fourth-order valence-corrected chi connectivity index (χ4v) is 2.66. The van der Waals surface area contributed by atoms with E-state index in [4.69, 9.17) is 11.6 Å². The fraction of sp³-hybridized carbons (Fsp3) is 0.154. The zero-order chi connectivity index (χ0) is 12.4. The van der Waals surface area contributed by atoms with Crippen LogP contribution in [0, 0.1) is 0 Å². The van der Waals surface area contributed by atoms with E-state index >= 15 is 0 Å². The molecule has 0 radical (unpaired) electrons. The second kappa shape index (κ2) is 5.07. The third-order valence-corrected chi connectivity index (χ3v) is 3.46. The van der Waals surface area contributed by atoms with Gasteiger partial charge in [-0.05, 0) is 25.1 Å². The molecule has 4 heteroatoms. The minimum atomic E-state index is 0.00634. The molecule has 0 bridgehead atoms. The molecule has 0 aliphatic carbocycles. The lowest BCUT2D eigenvalue weighted by molar-refractivity contribution is 0.735. The highest BCUT2D eigenvalue weighted by atomic mass is 79.9. The first-order chi connectivity index (χ1) is 8.13. The van der Waals surface area contributed by atoms with Gasteiger partial charge in [0.2, 0.25) is 0 Å². The van der Waals surface area contributed by atoms with Crippen molar-refractivity contribution in [1.29, 1.82) is 0 Å². The number of hydrogen-bond acceptors (Lipinski definition) is 1. The lowest BCUT2D eigenvalue weighted by Crippen LogP contribution is -2.19. The third kappa shape index (κ3) is 2.45. The SMILES string of the molecule is CCn1c(-c2ccc(Cl)cc2Br)cccc1=O. The number of aromatic nitrogens is 1. The molecule has 1 heterocycles. The van der Waals surface area contributed by atoms with Crippen molar-refractivity contribution in [3.63, 3.8) is 0 Å². The average Bonchev–Trinajstić information content (AvgIpc) is 2.29. The van der Waals surface area contributed by atoms with Crippen LogP contribution in [-0.4, -0.2) is 4.57 Å². The minimum absolute atomic E-state index is 0.00634. The largest absolute Gasteiger partial charge is 0.309 e. The van der Waals surface area contributed by atoms with E-state index in [0.717, 1.165) is 15.7 Å². The number of pyridine rings is 1. The molecule has 0 unspecified atom stereocenters. The van der Waals surface area contributed by atoms with Crippen LogP contribution >= 0.6 is 27.5 Å². The summed E-state index contributed by atoms with van der Waals surface area (Å²) >= 11 is 9.38. The molecule has 0 spiro atoms. The summed E-state index contributed by atoms with van der Waals surface area (Å²) in [5, 5.41) is 0.668. The van der Waals surface area contributed by atoms with Crippen LogP contribution < -0.4 is 5.56 Å². The van der Waals surface area contributed by atoms with E-state index in [-0.39, 0.29) is 5.56 Å². The van der Waals surface area contributed by atoms with Gasteiger partial charge in [0.1, 0.15) is 0 Å². The van der Waals surface area contributed by atoms with Crippen molar-refractivity contribution in [1.82, 2.24) is 4.57 Å². The summed E-state index contributed by atoms with van der Waals surface area (Å²) in [5.41, 5.74) is 1.87. The molecule has 0 fully saturated rings. The Morgan fingerprint density at radius 1 is 1.29 bits per heavy atom. The number of benzene rings is 1. The van der Waals surface area contributed by atoms with Crippen LogP contribution in [0.25, 0.3) is 11.3 Å². The zero-order valence-electron chi connectivity index (χ0n) is 9.28. The molecule has 0 N–H and O–H groups in total. The van der Waals surface area contributed by atoms with Crippen molar-refractivity contribution in [3.8, 4) is 11.3 Å². The molecule has 1 aromatic heterocycles. The van der Waals surface area contributed by atoms with E-state index in [0.29, 0.717) is 11.6 Å². The molecule has 0 saturated carbocycles. The predicted octanol–water partition coefficient (Wildman–Crippen LogP) is 3.95. The molecular weight excluding hydrogens is 302 g/mol. The monoisotopic (exact) mass is 311 g/mol. The van der Waals surface area contributed by atoms with Gasteiger partial charge in [-0.1, -0.05) is 39.7 Å². The van der Waals surface area contributed by atoms with Gasteiger partial charge in [0.05, 0.1) is 5.69 Å². The maximum atomic E-state index is 11.7. The van der Waals surface area contributed by atoms with Crippen molar-refractivity contribution in [3.05, 3.63) is 56.2 Å². The van der Waals surface area contributed by atoms with Crippen molar-refractivity contribution < 1.29 is 0 Å². The summed E-state index contributed by atoms with van der Waals surface area (Å²) in [6.45, 7) is 2.60. The Bertz CT molecular complexity index is 607. The topological polar surface area (TPSA) is 22.0 Å². The molecular formula is C13H11BrClNO. The summed E-state index contributed by atoms with van der Waals surface area (Å²) in [7, 11) is 0. The van der Waals surface area contributed by atoms with Gasteiger partial charge < -0.3 is 4.57 Å². The first-order valence-corrected chi connectivity index (χ1v) is 6.46. The number of hydrogen-bond donors (Lipinski definition) is 0. The molecule has 0 saturated heterocycles. The van der Waals surface area contributed by atoms with E-state index in [1.165, 1.54) is 0 Å². The number of halogens is 2.